The van der Waals surface area contributed by atoms with Crippen LogP contribution in [-0.2, 0) is 22.0 Å². The average Bonchev–Trinajstić information content (AvgIpc) is 2.91. The second-order valence-corrected chi connectivity index (χ2v) is 8.03. The van der Waals surface area contributed by atoms with Crippen LogP contribution in [0.5, 0.6) is 0 Å². The molecule has 0 N–H and O–H groups in total. The molecule has 0 bridgehead atoms. The van der Waals surface area contributed by atoms with Crippen LogP contribution < -0.4 is 5.46 Å². The molecule has 27 heavy (non-hydrogen) atoms. The van der Waals surface area contributed by atoms with Crippen molar-refractivity contribution in [1.29, 1.82) is 0 Å². The van der Waals surface area contributed by atoms with Crippen molar-refractivity contribution in [2.24, 2.45) is 0 Å². The second-order valence-electron chi connectivity index (χ2n) is 8.03. The van der Waals surface area contributed by atoms with Crippen LogP contribution in [0, 0.1) is 13.8 Å². The van der Waals surface area contributed by atoms with Crippen LogP contribution in [0.4, 0.5) is 13.2 Å². The van der Waals surface area contributed by atoms with Gasteiger partial charge in [0, 0.05) is 11.2 Å². The van der Waals surface area contributed by atoms with E-state index in [0.717, 1.165) is 34.5 Å². The van der Waals surface area contributed by atoms with Gasteiger partial charge in [-0.05, 0) is 59.2 Å². The summed E-state index contributed by atoms with van der Waals surface area (Å²) in [5.41, 5.74) is 1.73. The summed E-state index contributed by atoms with van der Waals surface area (Å²) in [7, 11) is -0.517. The molecule has 1 aromatic heterocycles. The zero-order chi connectivity index (χ0) is 20.2. The van der Waals surface area contributed by atoms with Crippen LogP contribution in [-0.4, -0.2) is 28.1 Å². The monoisotopic (exact) mass is 380 g/mol. The number of aryl methyl sites for hydroxylation is 1. The molecule has 1 aliphatic rings. The van der Waals surface area contributed by atoms with Gasteiger partial charge >= 0.3 is 13.3 Å². The lowest BCUT2D eigenvalue weighted by molar-refractivity contribution is -0.137. The summed E-state index contributed by atoms with van der Waals surface area (Å²) in [6.45, 7) is 12.1. The Bertz CT molecular complexity index is 826. The molecule has 2 heterocycles. The fourth-order valence-corrected chi connectivity index (χ4v) is 3.14. The predicted molar refractivity (Wildman–Crippen MR) is 98.0 cm³/mol. The predicted octanol–water partition coefficient (Wildman–Crippen LogP) is 3.87. The van der Waals surface area contributed by atoms with Crippen LogP contribution >= 0.6 is 0 Å². The third-order valence-electron chi connectivity index (χ3n) is 5.54. The molecule has 4 nitrogen and oxygen atoms in total. The van der Waals surface area contributed by atoms with Crippen molar-refractivity contribution in [1.82, 2.24) is 9.78 Å². The fourth-order valence-electron chi connectivity index (χ4n) is 3.14. The highest BCUT2D eigenvalue weighted by molar-refractivity contribution is 6.63. The summed E-state index contributed by atoms with van der Waals surface area (Å²) in [4.78, 5) is 0. The lowest BCUT2D eigenvalue weighted by Gasteiger charge is -2.32. The van der Waals surface area contributed by atoms with Gasteiger partial charge < -0.3 is 9.31 Å². The highest BCUT2D eigenvalue weighted by Crippen LogP contribution is 2.37. The molecule has 1 fully saturated rings. The summed E-state index contributed by atoms with van der Waals surface area (Å²) >= 11 is 0. The van der Waals surface area contributed by atoms with Gasteiger partial charge in [-0.1, -0.05) is 12.1 Å². The lowest BCUT2D eigenvalue weighted by Crippen LogP contribution is -2.41. The van der Waals surface area contributed by atoms with Crippen molar-refractivity contribution in [3.05, 3.63) is 46.8 Å². The van der Waals surface area contributed by atoms with E-state index in [4.69, 9.17) is 9.31 Å². The van der Waals surface area contributed by atoms with Gasteiger partial charge in [-0.3, -0.25) is 4.68 Å². The zero-order valence-electron chi connectivity index (χ0n) is 16.4. The molecule has 0 radical (unpaired) electrons. The molecule has 1 aliphatic heterocycles. The number of rotatable bonds is 3. The second kappa shape index (κ2) is 6.38. The summed E-state index contributed by atoms with van der Waals surface area (Å²) in [5, 5.41) is 4.55. The fraction of sp³-hybridized carbons (Fsp3) is 0.526. The maximum atomic E-state index is 12.7. The largest absolute Gasteiger partial charge is 0.498 e. The van der Waals surface area contributed by atoms with Gasteiger partial charge in [0.05, 0.1) is 29.0 Å². The highest BCUT2D eigenvalue weighted by Gasteiger charge is 2.53. The molecule has 1 saturated heterocycles. The van der Waals surface area contributed by atoms with Crippen LogP contribution in [0.2, 0.25) is 0 Å². The summed E-state index contributed by atoms with van der Waals surface area (Å²) in [6, 6.07) is 5.15. The molecule has 0 atom stereocenters. The minimum Gasteiger partial charge on any atom is -0.399 e. The van der Waals surface area contributed by atoms with Crippen LogP contribution in [0.25, 0.3) is 0 Å². The average molecular weight is 380 g/mol. The first-order valence-electron chi connectivity index (χ1n) is 8.87. The van der Waals surface area contributed by atoms with E-state index < -0.39 is 30.1 Å². The SMILES string of the molecule is Cc1nn(Cc2ccc(C(F)(F)F)cc2)c(C)c1B1OC(C)(C)C(C)(C)O1. The van der Waals surface area contributed by atoms with E-state index in [0.29, 0.717) is 6.54 Å². The van der Waals surface area contributed by atoms with Gasteiger partial charge in [0.15, 0.2) is 0 Å². The number of halogens is 3. The molecule has 0 unspecified atom stereocenters. The normalized spacial score (nSPS) is 18.9. The summed E-state index contributed by atoms with van der Waals surface area (Å²) in [6.07, 6.45) is -4.33. The van der Waals surface area contributed by atoms with Crippen molar-refractivity contribution in [3.8, 4) is 0 Å². The Hall–Kier alpha value is -1.80. The van der Waals surface area contributed by atoms with E-state index in [1.54, 1.807) is 4.68 Å². The van der Waals surface area contributed by atoms with Gasteiger partial charge in [-0.15, -0.1) is 0 Å². The molecule has 146 valence electrons. The first-order valence-corrected chi connectivity index (χ1v) is 8.87. The maximum absolute atomic E-state index is 12.7. The van der Waals surface area contributed by atoms with Crippen molar-refractivity contribution < 1.29 is 22.5 Å². The zero-order valence-corrected chi connectivity index (χ0v) is 16.4. The minimum absolute atomic E-state index is 0.379. The van der Waals surface area contributed by atoms with E-state index in [1.165, 1.54) is 12.1 Å². The summed E-state index contributed by atoms with van der Waals surface area (Å²) < 4.78 is 52.2. The van der Waals surface area contributed by atoms with E-state index >= 15 is 0 Å². The van der Waals surface area contributed by atoms with Crippen LogP contribution in [0.3, 0.4) is 0 Å². The van der Waals surface area contributed by atoms with E-state index in [9.17, 15) is 13.2 Å². The first kappa shape index (κ1) is 20.0. The number of aromatic nitrogens is 2. The van der Waals surface area contributed by atoms with E-state index in [2.05, 4.69) is 5.10 Å². The molecule has 3 rings (SSSR count). The Labute approximate surface area is 157 Å². The molecule has 8 heteroatoms. The van der Waals surface area contributed by atoms with Crippen molar-refractivity contribution in [2.45, 2.75) is 65.5 Å². The smallest absolute Gasteiger partial charge is 0.399 e. The molecule has 1 aromatic carbocycles. The van der Waals surface area contributed by atoms with Gasteiger partial charge in [0.1, 0.15) is 0 Å². The van der Waals surface area contributed by atoms with E-state index in [1.807, 2.05) is 41.5 Å². The minimum atomic E-state index is -4.33. The molecule has 0 aliphatic carbocycles. The Balaban J connectivity index is 1.85. The maximum Gasteiger partial charge on any atom is 0.498 e. The van der Waals surface area contributed by atoms with Crippen LogP contribution in [0.1, 0.15) is 50.2 Å². The molecule has 0 spiro atoms. The van der Waals surface area contributed by atoms with Crippen molar-refractivity contribution in [3.63, 3.8) is 0 Å². The molecular weight excluding hydrogens is 356 g/mol. The molecule has 0 saturated carbocycles. The molecule has 2 aromatic rings. The third kappa shape index (κ3) is 3.65. The Morgan fingerprint density at radius 1 is 1.00 bits per heavy atom. The Morgan fingerprint density at radius 2 is 1.52 bits per heavy atom. The first-order chi connectivity index (χ1) is 12.3. The highest BCUT2D eigenvalue weighted by atomic mass is 19.4. The standard InChI is InChI=1S/C19H24BF3N2O2/c1-12-16(20-26-17(3,4)18(5,6)27-20)13(2)25(24-12)11-14-7-9-15(10-8-14)19(21,22)23/h7-10H,11H2,1-6H3. The molecular formula is C19H24BF3N2O2. The molecule has 0 amide bonds. The third-order valence-corrected chi connectivity index (χ3v) is 5.54. The summed E-state index contributed by atoms with van der Waals surface area (Å²) in [5.74, 6) is 0. The number of benzene rings is 1. The van der Waals surface area contributed by atoms with Gasteiger partial charge in [-0.2, -0.15) is 18.3 Å². The number of nitrogens with zero attached hydrogens (tertiary/aromatic N) is 2. The number of hydrogen-bond acceptors (Lipinski definition) is 3. The lowest BCUT2D eigenvalue weighted by atomic mass is 9.77. The van der Waals surface area contributed by atoms with E-state index in [-0.39, 0.29) is 0 Å². The number of hydrogen-bond donors (Lipinski definition) is 0. The van der Waals surface area contributed by atoms with Gasteiger partial charge in [-0.25, -0.2) is 0 Å². The quantitative estimate of drug-likeness (QED) is 0.759. The Kier molecular flexibility index (Phi) is 4.71. The van der Waals surface area contributed by atoms with Crippen molar-refractivity contribution >= 4 is 12.6 Å². The topological polar surface area (TPSA) is 36.3 Å². The van der Waals surface area contributed by atoms with Gasteiger partial charge in [0.25, 0.3) is 0 Å². The van der Waals surface area contributed by atoms with Crippen molar-refractivity contribution in [2.75, 3.05) is 0 Å². The van der Waals surface area contributed by atoms with Gasteiger partial charge in [0.2, 0.25) is 0 Å². The number of alkyl halides is 3. The Morgan fingerprint density at radius 3 is 2.00 bits per heavy atom. The van der Waals surface area contributed by atoms with Crippen LogP contribution in [0.15, 0.2) is 24.3 Å².